The van der Waals surface area contributed by atoms with Crippen molar-refractivity contribution < 1.29 is 4.79 Å². The Kier molecular flexibility index (Phi) is 4.85. The minimum absolute atomic E-state index is 0.0826. The largest absolute Gasteiger partial charge is 0.378 e. The Labute approximate surface area is 142 Å². The summed E-state index contributed by atoms with van der Waals surface area (Å²) < 4.78 is 0. The number of hydrogen-bond donors (Lipinski definition) is 2. The maximum atomic E-state index is 12.1. The molecular formula is C20H23N3O. The number of aryl methyl sites for hydroxylation is 1. The predicted molar refractivity (Wildman–Crippen MR) is 99.2 cm³/mol. The first kappa shape index (κ1) is 16.1. The normalized spacial score (nSPS) is 10.8. The van der Waals surface area contributed by atoms with E-state index in [1.807, 2.05) is 26.4 Å². The second kappa shape index (κ2) is 7.21. The zero-order valence-electron chi connectivity index (χ0n) is 14.2. The monoisotopic (exact) mass is 321 g/mol. The van der Waals surface area contributed by atoms with Gasteiger partial charge in [0.05, 0.1) is 0 Å². The van der Waals surface area contributed by atoms with Gasteiger partial charge in [0.15, 0.2) is 0 Å². The molecule has 0 unspecified atom stereocenters. The van der Waals surface area contributed by atoms with Crippen LogP contribution >= 0.6 is 0 Å². The third-order valence-electron chi connectivity index (χ3n) is 4.25. The molecule has 0 saturated heterocycles. The van der Waals surface area contributed by atoms with Crippen LogP contribution in [0.5, 0.6) is 0 Å². The van der Waals surface area contributed by atoms with Crippen LogP contribution in [0.15, 0.2) is 54.7 Å². The topological polar surface area (TPSA) is 48.1 Å². The zero-order valence-corrected chi connectivity index (χ0v) is 14.2. The number of carbonyl (C=O) groups excluding carboxylic acids is 1. The Morgan fingerprint density at radius 1 is 1.08 bits per heavy atom. The molecule has 3 aromatic rings. The van der Waals surface area contributed by atoms with Crippen molar-refractivity contribution in [2.24, 2.45) is 0 Å². The van der Waals surface area contributed by atoms with Gasteiger partial charge in [0.1, 0.15) is 0 Å². The van der Waals surface area contributed by atoms with Gasteiger partial charge in [-0.05, 0) is 41.8 Å². The molecule has 124 valence electrons. The molecule has 2 N–H and O–H groups in total. The summed E-state index contributed by atoms with van der Waals surface area (Å²) in [6.45, 7) is 0.570. The quantitative estimate of drug-likeness (QED) is 0.730. The first-order valence-electron chi connectivity index (χ1n) is 8.21. The zero-order chi connectivity index (χ0) is 16.9. The number of aromatic nitrogens is 1. The fraction of sp³-hybridized carbons (Fsp3) is 0.250. The van der Waals surface area contributed by atoms with Crippen LogP contribution in [0.25, 0.3) is 10.9 Å². The highest BCUT2D eigenvalue weighted by atomic mass is 16.1. The number of carbonyl (C=O) groups is 1. The van der Waals surface area contributed by atoms with Crippen LogP contribution < -0.4 is 10.2 Å². The summed E-state index contributed by atoms with van der Waals surface area (Å²) in [5.41, 5.74) is 4.60. The Bertz CT molecular complexity index is 818. The number of anilines is 1. The molecule has 3 rings (SSSR count). The molecule has 0 radical (unpaired) electrons. The van der Waals surface area contributed by atoms with Crippen molar-refractivity contribution in [3.05, 3.63) is 65.9 Å². The summed E-state index contributed by atoms with van der Waals surface area (Å²) in [6, 6.07) is 16.5. The van der Waals surface area contributed by atoms with Gasteiger partial charge in [0, 0.05) is 49.8 Å². The van der Waals surface area contributed by atoms with Crippen LogP contribution in [0.3, 0.4) is 0 Å². The molecular weight excluding hydrogens is 298 g/mol. The Morgan fingerprint density at radius 2 is 1.88 bits per heavy atom. The predicted octanol–water partition coefficient (Wildman–Crippen LogP) is 3.48. The highest BCUT2D eigenvalue weighted by Gasteiger charge is 2.06. The van der Waals surface area contributed by atoms with E-state index in [0.717, 1.165) is 23.2 Å². The molecule has 1 amide bonds. The van der Waals surface area contributed by atoms with E-state index >= 15 is 0 Å². The van der Waals surface area contributed by atoms with Crippen molar-refractivity contribution in [3.8, 4) is 0 Å². The SMILES string of the molecule is CN(C)c1ccc(CNC(=O)CCc2cccc3[nH]ccc23)cc1. The number of hydrogen-bond acceptors (Lipinski definition) is 2. The number of nitrogens with one attached hydrogen (secondary N) is 2. The maximum Gasteiger partial charge on any atom is 0.220 e. The lowest BCUT2D eigenvalue weighted by atomic mass is 10.1. The van der Waals surface area contributed by atoms with Crippen LogP contribution in [0.2, 0.25) is 0 Å². The fourth-order valence-electron chi connectivity index (χ4n) is 2.82. The lowest BCUT2D eigenvalue weighted by Crippen LogP contribution is -2.23. The number of amides is 1. The van der Waals surface area contributed by atoms with Gasteiger partial charge in [-0.2, -0.15) is 0 Å². The van der Waals surface area contributed by atoms with Crippen molar-refractivity contribution in [1.29, 1.82) is 0 Å². The Morgan fingerprint density at radius 3 is 2.62 bits per heavy atom. The number of aromatic amines is 1. The van der Waals surface area contributed by atoms with Crippen LogP contribution in [0, 0.1) is 0 Å². The molecule has 1 heterocycles. The van der Waals surface area contributed by atoms with Gasteiger partial charge in [0.25, 0.3) is 0 Å². The van der Waals surface area contributed by atoms with E-state index in [0.29, 0.717) is 13.0 Å². The van der Waals surface area contributed by atoms with Gasteiger partial charge >= 0.3 is 0 Å². The van der Waals surface area contributed by atoms with E-state index in [9.17, 15) is 4.79 Å². The molecule has 0 fully saturated rings. The van der Waals surface area contributed by atoms with Crippen molar-refractivity contribution in [3.63, 3.8) is 0 Å². The molecule has 2 aromatic carbocycles. The van der Waals surface area contributed by atoms with Crippen molar-refractivity contribution in [1.82, 2.24) is 10.3 Å². The van der Waals surface area contributed by atoms with Gasteiger partial charge in [-0.3, -0.25) is 4.79 Å². The van der Waals surface area contributed by atoms with E-state index in [2.05, 4.69) is 57.7 Å². The molecule has 0 bridgehead atoms. The number of H-pyrrole nitrogens is 1. The molecule has 1 aromatic heterocycles. The van der Waals surface area contributed by atoms with Crippen LogP contribution in [0.4, 0.5) is 5.69 Å². The smallest absolute Gasteiger partial charge is 0.220 e. The third kappa shape index (κ3) is 3.77. The van der Waals surface area contributed by atoms with E-state index in [4.69, 9.17) is 0 Å². The summed E-state index contributed by atoms with van der Waals surface area (Å²) in [7, 11) is 4.03. The number of benzene rings is 2. The molecule has 0 saturated carbocycles. The molecule has 0 aliphatic carbocycles. The van der Waals surface area contributed by atoms with E-state index in [-0.39, 0.29) is 5.91 Å². The Balaban J connectivity index is 1.51. The number of nitrogens with zero attached hydrogens (tertiary/aromatic N) is 1. The summed E-state index contributed by atoms with van der Waals surface area (Å²) in [5.74, 6) is 0.0826. The highest BCUT2D eigenvalue weighted by molar-refractivity contribution is 5.84. The van der Waals surface area contributed by atoms with Crippen molar-refractivity contribution >= 4 is 22.5 Å². The van der Waals surface area contributed by atoms with Crippen molar-refractivity contribution in [2.45, 2.75) is 19.4 Å². The standard InChI is InChI=1S/C20H23N3O/c1-23(2)17-9-6-15(7-10-17)14-22-20(24)11-8-16-4-3-5-19-18(16)12-13-21-19/h3-7,9-10,12-13,21H,8,11,14H2,1-2H3,(H,22,24). The summed E-state index contributed by atoms with van der Waals surface area (Å²) in [4.78, 5) is 17.4. The third-order valence-corrected chi connectivity index (χ3v) is 4.25. The maximum absolute atomic E-state index is 12.1. The fourth-order valence-corrected chi connectivity index (χ4v) is 2.82. The van der Waals surface area contributed by atoms with Gasteiger partial charge in [0.2, 0.25) is 5.91 Å². The molecule has 0 atom stereocenters. The van der Waals surface area contributed by atoms with Gasteiger partial charge < -0.3 is 15.2 Å². The Hall–Kier alpha value is -2.75. The molecule has 24 heavy (non-hydrogen) atoms. The minimum atomic E-state index is 0.0826. The van der Waals surface area contributed by atoms with Gasteiger partial charge in [-0.25, -0.2) is 0 Å². The van der Waals surface area contributed by atoms with Crippen LogP contribution in [0.1, 0.15) is 17.5 Å². The van der Waals surface area contributed by atoms with Crippen LogP contribution in [-0.4, -0.2) is 25.0 Å². The molecule has 0 aliphatic rings. The lowest BCUT2D eigenvalue weighted by Gasteiger charge is -2.13. The average molecular weight is 321 g/mol. The van der Waals surface area contributed by atoms with Gasteiger partial charge in [-0.15, -0.1) is 0 Å². The average Bonchev–Trinajstić information content (AvgIpc) is 3.07. The van der Waals surface area contributed by atoms with E-state index < -0.39 is 0 Å². The minimum Gasteiger partial charge on any atom is -0.378 e. The number of rotatable bonds is 6. The second-order valence-electron chi connectivity index (χ2n) is 6.19. The van der Waals surface area contributed by atoms with E-state index in [1.165, 1.54) is 10.9 Å². The van der Waals surface area contributed by atoms with E-state index in [1.54, 1.807) is 0 Å². The molecule has 4 nitrogen and oxygen atoms in total. The summed E-state index contributed by atoms with van der Waals surface area (Å²) >= 11 is 0. The first-order valence-corrected chi connectivity index (χ1v) is 8.21. The molecule has 4 heteroatoms. The highest BCUT2D eigenvalue weighted by Crippen LogP contribution is 2.18. The molecule has 0 spiro atoms. The summed E-state index contributed by atoms with van der Waals surface area (Å²) in [6.07, 6.45) is 3.19. The van der Waals surface area contributed by atoms with Crippen LogP contribution in [-0.2, 0) is 17.8 Å². The van der Waals surface area contributed by atoms with Crippen molar-refractivity contribution in [2.75, 3.05) is 19.0 Å². The van der Waals surface area contributed by atoms with Gasteiger partial charge in [-0.1, -0.05) is 24.3 Å². The lowest BCUT2D eigenvalue weighted by molar-refractivity contribution is -0.121. The second-order valence-corrected chi connectivity index (χ2v) is 6.19. The summed E-state index contributed by atoms with van der Waals surface area (Å²) in [5, 5.41) is 4.20. The first-order chi connectivity index (χ1) is 11.6. The number of fused-ring (bicyclic) bond motifs is 1. The molecule has 0 aliphatic heterocycles.